The van der Waals surface area contributed by atoms with E-state index in [1.807, 2.05) is 36.6 Å². The van der Waals surface area contributed by atoms with Crippen molar-refractivity contribution in [3.05, 3.63) is 24.0 Å². The first-order valence-corrected chi connectivity index (χ1v) is 5.92. The molecule has 96 valence electrons. The van der Waals surface area contributed by atoms with E-state index in [1.165, 1.54) is 7.11 Å². The number of rotatable bonds is 3. The van der Waals surface area contributed by atoms with Crippen molar-refractivity contribution >= 4 is 22.7 Å². The lowest BCUT2D eigenvalue weighted by Crippen LogP contribution is -2.19. The van der Waals surface area contributed by atoms with Crippen LogP contribution in [0.15, 0.2) is 18.2 Å². The van der Waals surface area contributed by atoms with Crippen molar-refractivity contribution < 1.29 is 9.53 Å². The predicted molar refractivity (Wildman–Crippen MR) is 70.3 cm³/mol. The molecule has 1 aromatic heterocycles. The average Bonchev–Trinajstić information content (AvgIpc) is 2.74. The number of methoxy groups -OCH3 is 1. The van der Waals surface area contributed by atoms with Gasteiger partial charge in [0, 0.05) is 12.1 Å². The van der Waals surface area contributed by atoms with Gasteiger partial charge in [-0.25, -0.2) is 9.78 Å². The van der Waals surface area contributed by atoms with E-state index in [0.717, 1.165) is 23.3 Å². The number of fused-ring (bicyclic) bond motifs is 1. The molecular formula is C13H17N3O2. The zero-order valence-electron chi connectivity index (χ0n) is 10.8. The summed E-state index contributed by atoms with van der Waals surface area (Å²) >= 11 is 0. The summed E-state index contributed by atoms with van der Waals surface area (Å²) in [6.45, 7) is 3.81. The number of nitrogens with zero attached hydrogens (tertiary/aromatic N) is 2. The van der Waals surface area contributed by atoms with Crippen molar-refractivity contribution in [3.8, 4) is 0 Å². The smallest absolute Gasteiger partial charge is 0.328 e. The average molecular weight is 247 g/mol. The second-order valence-corrected chi connectivity index (χ2v) is 4.20. The monoisotopic (exact) mass is 247 g/mol. The number of aryl methyl sites for hydroxylation is 1. The third-order valence-electron chi connectivity index (χ3n) is 3.03. The molecule has 0 spiro atoms. The van der Waals surface area contributed by atoms with Crippen molar-refractivity contribution in [2.75, 3.05) is 12.8 Å². The van der Waals surface area contributed by atoms with Crippen LogP contribution < -0.4 is 5.73 Å². The Morgan fingerprint density at radius 3 is 2.89 bits per heavy atom. The lowest BCUT2D eigenvalue weighted by Gasteiger charge is -2.14. The molecule has 1 atom stereocenters. The van der Waals surface area contributed by atoms with Gasteiger partial charge in [-0.05, 0) is 25.1 Å². The molecule has 2 aromatic rings. The van der Waals surface area contributed by atoms with Crippen LogP contribution in [-0.4, -0.2) is 22.6 Å². The van der Waals surface area contributed by atoms with Gasteiger partial charge in [-0.15, -0.1) is 0 Å². The van der Waals surface area contributed by atoms with Crippen LogP contribution >= 0.6 is 0 Å². The van der Waals surface area contributed by atoms with Gasteiger partial charge < -0.3 is 15.0 Å². The van der Waals surface area contributed by atoms with Gasteiger partial charge in [-0.3, -0.25) is 0 Å². The van der Waals surface area contributed by atoms with E-state index in [9.17, 15) is 4.79 Å². The molecule has 1 aromatic carbocycles. The summed E-state index contributed by atoms with van der Waals surface area (Å²) in [6, 6.07) is 5.12. The Morgan fingerprint density at radius 2 is 2.28 bits per heavy atom. The standard InChI is InChI=1S/C13H17N3O2/c1-4-12-15-10-7-9(14)5-6-11(10)16(12)8(2)13(17)18-3/h5-8H,4,14H2,1-3H3. The van der Waals surface area contributed by atoms with Crippen molar-refractivity contribution in [3.63, 3.8) is 0 Å². The third kappa shape index (κ3) is 1.92. The Bertz CT molecular complexity index is 589. The van der Waals surface area contributed by atoms with Gasteiger partial charge in [0.2, 0.25) is 0 Å². The van der Waals surface area contributed by atoms with Crippen molar-refractivity contribution in [2.24, 2.45) is 0 Å². The molecule has 18 heavy (non-hydrogen) atoms. The second-order valence-electron chi connectivity index (χ2n) is 4.20. The molecule has 0 bridgehead atoms. The minimum atomic E-state index is -0.390. The summed E-state index contributed by atoms with van der Waals surface area (Å²) in [7, 11) is 1.39. The zero-order chi connectivity index (χ0) is 13.3. The normalized spacial score (nSPS) is 12.6. The van der Waals surface area contributed by atoms with Gasteiger partial charge in [0.05, 0.1) is 18.1 Å². The maximum atomic E-state index is 11.7. The van der Waals surface area contributed by atoms with E-state index in [4.69, 9.17) is 10.5 Å². The molecule has 0 aliphatic rings. The van der Waals surface area contributed by atoms with Crippen LogP contribution in [0.25, 0.3) is 11.0 Å². The molecule has 2 N–H and O–H groups in total. The molecule has 0 saturated heterocycles. The van der Waals surface area contributed by atoms with Crippen LogP contribution in [-0.2, 0) is 16.0 Å². The minimum Gasteiger partial charge on any atom is -0.467 e. The van der Waals surface area contributed by atoms with Gasteiger partial charge in [-0.1, -0.05) is 6.92 Å². The fraction of sp³-hybridized carbons (Fsp3) is 0.385. The highest BCUT2D eigenvalue weighted by Crippen LogP contribution is 2.24. The fourth-order valence-corrected chi connectivity index (χ4v) is 2.12. The number of benzene rings is 1. The second kappa shape index (κ2) is 4.68. The lowest BCUT2D eigenvalue weighted by atomic mass is 10.2. The highest BCUT2D eigenvalue weighted by atomic mass is 16.5. The summed E-state index contributed by atoms with van der Waals surface area (Å²) in [6.07, 6.45) is 0.746. The Kier molecular flexibility index (Phi) is 3.23. The predicted octanol–water partition coefficient (Wildman–Crippen LogP) is 1.91. The number of ether oxygens (including phenoxy) is 1. The number of imidazole rings is 1. The Balaban J connectivity index is 2.63. The number of aromatic nitrogens is 2. The molecule has 0 saturated carbocycles. The molecule has 0 fully saturated rings. The number of nitrogen functional groups attached to an aromatic ring is 1. The fourth-order valence-electron chi connectivity index (χ4n) is 2.12. The Hall–Kier alpha value is -2.04. The summed E-state index contributed by atoms with van der Waals surface area (Å²) in [5.74, 6) is 0.578. The van der Waals surface area contributed by atoms with Crippen LogP contribution in [0.2, 0.25) is 0 Å². The van der Waals surface area contributed by atoms with E-state index in [2.05, 4.69) is 4.98 Å². The van der Waals surface area contributed by atoms with Crippen LogP contribution in [0, 0.1) is 0 Å². The first kappa shape index (κ1) is 12.4. The number of carbonyl (C=O) groups is 1. The van der Waals surface area contributed by atoms with Gasteiger partial charge in [0.25, 0.3) is 0 Å². The molecule has 1 unspecified atom stereocenters. The number of carbonyl (C=O) groups excluding carboxylic acids is 1. The van der Waals surface area contributed by atoms with E-state index in [-0.39, 0.29) is 5.97 Å². The summed E-state index contributed by atoms with van der Waals surface area (Å²) < 4.78 is 6.70. The van der Waals surface area contributed by atoms with Crippen LogP contribution in [0.3, 0.4) is 0 Å². The summed E-state index contributed by atoms with van der Waals surface area (Å²) in [5.41, 5.74) is 8.12. The number of hydrogen-bond donors (Lipinski definition) is 1. The van der Waals surface area contributed by atoms with Crippen LogP contribution in [0.1, 0.15) is 25.7 Å². The van der Waals surface area contributed by atoms with E-state index < -0.39 is 6.04 Å². The first-order valence-electron chi connectivity index (χ1n) is 5.92. The maximum Gasteiger partial charge on any atom is 0.328 e. The van der Waals surface area contributed by atoms with Crippen molar-refractivity contribution in [2.45, 2.75) is 26.3 Å². The molecule has 0 radical (unpaired) electrons. The first-order chi connectivity index (χ1) is 8.58. The molecular weight excluding hydrogens is 230 g/mol. The van der Waals surface area contributed by atoms with Crippen LogP contribution in [0.5, 0.6) is 0 Å². The van der Waals surface area contributed by atoms with Crippen LogP contribution in [0.4, 0.5) is 5.69 Å². The Morgan fingerprint density at radius 1 is 1.56 bits per heavy atom. The number of hydrogen-bond acceptors (Lipinski definition) is 4. The molecule has 0 amide bonds. The molecule has 1 heterocycles. The Labute approximate surface area is 106 Å². The third-order valence-corrected chi connectivity index (χ3v) is 3.03. The zero-order valence-corrected chi connectivity index (χ0v) is 10.8. The van der Waals surface area contributed by atoms with E-state index >= 15 is 0 Å². The van der Waals surface area contributed by atoms with Gasteiger partial charge in [0.1, 0.15) is 11.9 Å². The van der Waals surface area contributed by atoms with E-state index in [1.54, 1.807) is 0 Å². The number of esters is 1. The van der Waals surface area contributed by atoms with Gasteiger partial charge >= 0.3 is 5.97 Å². The highest BCUT2D eigenvalue weighted by molar-refractivity contribution is 5.83. The maximum absolute atomic E-state index is 11.7. The molecule has 0 aliphatic carbocycles. The summed E-state index contributed by atoms with van der Waals surface area (Å²) in [4.78, 5) is 16.2. The highest BCUT2D eigenvalue weighted by Gasteiger charge is 2.21. The largest absolute Gasteiger partial charge is 0.467 e. The van der Waals surface area contributed by atoms with Crippen molar-refractivity contribution in [1.82, 2.24) is 9.55 Å². The molecule has 5 heteroatoms. The molecule has 2 rings (SSSR count). The topological polar surface area (TPSA) is 70.1 Å². The lowest BCUT2D eigenvalue weighted by molar-refractivity contribution is -0.143. The van der Waals surface area contributed by atoms with E-state index in [0.29, 0.717) is 5.69 Å². The minimum absolute atomic E-state index is 0.277. The van der Waals surface area contributed by atoms with Gasteiger partial charge in [-0.2, -0.15) is 0 Å². The van der Waals surface area contributed by atoms with Crippen molar-refractivity contribution in [1.29, 1.82) is 0 Å². The molecule has 5 nitrogen and oxygen atoms in total. The summed E-state index contributed by atoms with van der Waals surface area (Å²) in [5, 5.41) is 0. The quantitative estimate of drug-likeness (QED) is 0.664. The molecule has 0 aliphatic heterocycles. The van der Waals surface area contributed by atoms with Gasteiger partial charge in [0.15, 0.2) is 0 Å². The SMILES string of the molecule is CCc1nc2cc(N)ccc2n1C(C)C(=O)OC. The number of nitrogens with two attached hydrogens (primary N) is 1. The number of anilines is 1.